The van der Waals surface area contributed by atoms with Crippen LogP contribution in [0.4, 0.5) is 0 Å². The molecule has 0 aliphatic carbocycles. The van der Waals surface area contributed by atoms with Gasteiger partial charge in [-0.1, -0.05) is 38.0 Å². The molecule has 0 aromatic heterocycles. The minimum Gasteiger partial charge on any atom is -0.201 e. The molecule has 1 rings (SSSR count). The summed E-state index contributed by atoms with van der Waals surface area (Å²) in [5.74, 6) is 0. The Bertz CT molecular complexity index is 321. The topological polar surface area (TPSA) is 18.5 Å². The van der Waals surface area contributed by atoms with Gasteiger partial charge in [-0.15, -0.1) is 0 Å². The van der Waals surface area contributed by atoms with Gasteiger partial charge in [-0.2, -0.15) is 0 Å². The summed E-state index contributed by atoms with van der Waals surface area (Å²) in [6.07, 6.45) is 6.06. The molecule has 108 valence electrons. The van der Waals surface area contributed by atoms with Gasteiger partial charge in [-0.25, -0.2) is 9.05 Å². The van der Waals surface area contributed by atoms with Crippen LogP contribution in [-0.4, -0.2) is 19.4 Å². The van der Waals surface area contributed by atoms with Crippen molar-refractivity contribution >= 4 is 13.0 Å². The smallest absolute Gasteiger partial charge is 0.201 e. The molecule has 2 nitrogen and oxygen atoms in total. The molecule has 0 heterocycles. The van der Waals surface area contributed by atoms with Gasteiger partial charge >= 0.3 is 7.72 Å². The summed E-state index contributed by atoms with van der Waals surface area (Å²) in [5, 5.41) is 1.25. The highest BCUT2D eigenvalue weighted by molar-refractivity contribution is 7.74. The molecule has 0 N–H and O–H groups in total. The molecule has 0 fully saturated rings. The number of rotatable bonds is 10. The van der Waals surface area contributed by atoms with Gasteiger partial charge in [0.05, 0.1) is 13.2 Å². The molecule has 3 heteroatoms. The zero-order valence-electron chi connectivity index (χ0n) is 12.6. The van der Waals surface area contributed by atoms with E-state index in [4.69, 9.17) is 9.05 Å². The van der Waals surface area contributed by atoms with E-state index in [0.29, 0.717) is 0 Å². The summed E-state index contributed by atoms with van der Waals surface area (Å²) in [7, 11) is -1.89. The SMILES string of the molecule is CCCCCC[P+](OCC)(OCC)c1ccccc1. The Labute approximate surface area is 119 Å². The Balaban J connectivity index is 2.81. The standard InChI is InChI=1S/C16H28O2P/c1-4-7-8-12-15-19(17-5-2,18-6-3)16-13-10-9-11-14-16/h9-11,13-14H,4-8,12,15H2,1-3H3/q+1. The lowest BCUT2D eigenvalue weighted by atomic mass is 10.2. The molecule has 0 saturated carbocycles. The number of unbranched alkanes of at least 4 members (excludes halogenated alkanes) is 3. The van der Waals surface area contributed by atoms with E-state index in [-0.39, 0.29) is 0 Å². The molecule has 0 atom stereocenters. The van der Waals surface area contributed by atoms with Crippen LogP contribution in [-0.2, 0) is 9.05 Å². The third-order valence-corrected chi connectivity index (χ3v) is 6.47. The van der Waals surface area contributed by atoms with Gasteiger partial charge < -0.3 is 0 Å². The molecule has 0 amide bonds. The molecule has 0 bridgehead atoms. The quantitative estimate of drug-likeness (QED) is 0.453. The average molecular weight is 283 g/mol. The van der Waals surface area contributed by atoms with Crippen molar-refractivity contribution in [2.24, 2.45) is 0 Å². The second-order valence-corrected chi connectivity index (χ2v) is 7.46. The third-order valence-electron chi connectivity index (χ3n) is 3.13. The number of hydrogen-bond acceptors (Lipinski definition) is 2. The predicted octanol–water partition coefficient (Wildman–Crippen LogP) is 4.81. The fraction of sp³-hybridized carbons (Fsp3) is 0.625. The van der Waals surface area contributed by atoms with E-state index in [1.165, 1.54) is 31.0 Å². The van der Waals surface area contributed by atoms with Crippen molar-refractivity contribution in [1.29, 1.82) is 0 Å². The number of hydrogen-bond donors (Lipinski definition) is 0. The summed E-state index contributed by atoms with van der Waals surface area (Å²) in [4.78, 5) is 0. The van der Waals surface area contributed by atoms with Crippen molar-refractivity contribution in [2.45, 2.75) is 46.5 Å². The van der Waals surface area contributed by atoms with Gasteiger partial charge in [-0.05, 0) is 38.8 Å². The first-order valence-corrected chi connectivity index (χ1v) is 9.32. The molecule has 1 aromatic carbocycles. The molecule has 0 saturated heterocycles. The van der Waals surface area contributed by atoms with Crippen LogP contribution in [0.3, 0.4) is 0 Å². The van der Waals surface area contributed by atoms with Gasteiger partial charge in [-0.3, -0.25) is 0 Å². The van der Waals surface area contributed by atoms with E-state index < -0.39 is 7.72 Å². The van der Waals surface area contributed by atoms with Crippen LogP contribution in [0, 0.1) is 0 Å². The number of benzene rings is 1. The summed E-state index contributed by atoms with van der Waals surface area (Å²) < 4.78 is 12.3. The first kappa shape index (κ1) is 16.6. The van der Waals surface area contributed by atoms with Gasteiger partial charge in [0.15, 0.2) is 5.30 Å². The van der Waals surface area contributed by atoms with Crippen LogP contribution in [0.2, 0.25) is 0 Å². The Morgan fingerprint density at radius 3 is 2.00 bits per heavy atom. The lowest BCUT2D eigenvalue weighted by molar-refractivity contribution is 0.256. The van der Waals surface area contributed by atoms with Crippen LogP contribution in [0.5, 0.6) is 0 Å². The van der Waals surface area contributed by atoms with Gasteiger partial charge in [0.25, 0.3) is 0 Å². The van der Waals surface area contributed by atoms with Crippen molar-refractivity contribution in [3.05, 3.63) is 30.3 Å². The highest BCUT2D eigenvalue weighted by atomic mass is 31.2. The highest BCUT2D eigenvalue weighted by Gasteiger charge is 2.43. The lowest BCUT2D eigenvalue weighted by Gasteiger charge is -2.23. The van der Waals surface area contributed by atoms with Crippen molar-refractivity contribution in [3.63, 3.8) is 0 Å². The van der Waals surface area contributed by atoms with Crippen molar-refractivity contribution in [2.75, 3.05) is 19.4 Å². The van der Waals surface area contributed by atoms with E-state index >= 15 is 0 Å². The molecule has 1 aromatic rings. The van der Waals surface area contributed by atoms with Gasteiger partial charge in [0, 0.05) is 0 Å². The maximum Gasteiger partial charge on any atom is 0.306 e. The van der Waals surface area contributed by atoms with Crippen LogP contribution in [0.1, 0.15) is 46.5 Å². The summed E-state index contributed by atoms with van der Waals surface area (Å²) >= 11 is 0. The second-order valence-electron chi connectivity index (χ2n) is 4.63. The Hall–Kier alpha value is -0.430. The van der Waals surface area contributed by atoms with Crippen LogP contribution in [0.15, 0.2) is 30.3 Å². The zero-order valence-corrected chi connectivity index (χ0v) is 13.5. The normalized spacial score (nSPS) is 11.7. The summed E-state index contributed by atoms with van der Waals surface area (Å²) in [6.45, 7) is 7.79. The fourth-order valence-corrected chi connectivity index (χ4v) is 5.25. The minimum atomic E-state index is -1.89. The van der Waals surface area contributed by atoms with Crippen LogP contribution in [0.25, 0.3) is 0 Å². The fourth-order valence-electron chi connectivity index (χ4n) is 2.26. The van der Waals surface area contributed by atoms with E-state index in [0.717, 1.165) is 19.4 Å². The third kappa shape index (κ3) is 5.22. The molecule has 19 heavy (non-hydrogen) atoms. The van der Waals surface area contributed by atoms with E-state index in [1.807, 2.05) is 6.07 Å². The average Bonchev–Trinajstić information content (AvgIpc) is 2.45. The first-order valence-electron chi connectivity index (χ1n) is 7.51. The summed E-state index contributed by atoms with van der Waals surface area (Å²) in [6, 6.07) is 10.5. The van der Waals surface area contributed by atoms with Crippen molar-refractivity contribution in [3.8, 4) is 0 Å². The van der Waals surface area contributed by atoms with Crippen molar-refractivity contribution in [1.82, 2.24) is 0 Å². The first-order chi connectivity index (χ1) is 9.29. The molecule has 0 aliphatic rings. The van der Waals surface area contributed by atoms with Crippen LogP contribution < -0.4 is 5.30 Å². The molecule has 0 radical (unpaired) electrons. The molecular formula is C16H28O2P+. The maximum absolute atomic E-state index is 6.13. The van der Waals surface area contributed by atoms with E-state index in [9.17, 15) is 0 Å². The molecular weight excluding hydrogens is 255 g/mol. The predicted molar refractivity (Wildman–Crippen MR) is 85.3 cm³/mol. The lowest BCUT2D eigenvalue weighted by Crippen LogP contribution is -2.20. The van der Waals surface area contributed by atoms with Gasteiger partial charge in [0.2, 0.25) is 0 Å². The van der Waals surface area contributed by atoms with Crippen LogP contribution >= 0.6 is 7.72 Å². The van der Waals surface area contributed by atoms with E-state index in [1.54, 1.807) is 0 Å². The van der Waals surface area contributed by atoms with Crippen molar-refractivity contribution < 1.29 is 9.05 Å². The Morgan fingerprint density at radius 2 is 1.47 bits per heavy atom. The maximum atomic E-state index is 6.13. The largest absolute Gasteiger partial charge is 0.306 e. The molecule has 0 aliphatic heterocycles. The second kappa shape index (κ2) is 9.47. The monoisotopic (exact) mass is 283 g/mol. The Kier molecular flexibility index (Phi) is 8.29. The van der Waals surface area contributed by atoms with Gasteiger partial charge in [0.1, 0.15) is 6.16 Å². The molecule has 0 unspecified atom stereocenters. The highest BCUT2D eigenvalue weighted by Crippen LogP contribution is 2.60. The van der Waals surface area contributed by atoms with E-state index in [2.05, 4.69) is 45.0 Å². The minimum absolute atomic E-state index is 0.719. The molecule has 0 spiro atoms. The Morgan fingerprint density at radius 1 is 0.842 bits per heavy atom. The summed E-state index contributed by atoms with van der Waals surface area (Å²) in [5.41, 5.74) is 0. The zero-order chi connectivity index (χ0) is 14.0.